The van der Waals surface area contributed by atoms with Crippen molar-refractivity contribution in [1.82, 2.24) is 5.16 Å². The summed E-state index contributed by atoms with van der Waals surface area (Å²) in [5.74, 6) is -1.39. The van der Waals surface area contributed by atoms with Gasteiger partial charge in [-0.25, -0.2) is 4.39 Å². The van der Waals surface area contributed by atoms with E-state index >= 15 is 0 Å². The molecule has 0 unspecified atom stereocenters. The fourth-order valence-electron chi connectivity index (χ4n) is 1.42. The fourth-order valence-corrected chi connectivity index (χ4v) is 1.42. The van der Waals surface area contributed by atoms with Gasteiger partial charge < -0.3 is 10.3 Å². The molecule has 0 aliphatic carbocycles. The first-order valence-corrected chi connectivity index (χ1v) is 4.48. The Morgan fingerprint density at radius 3 is 2.41 bits per heavy atom. The van der Waals surface area contributed by atoms with Crippen molar-refractivity contribution in [3.8, 4) is 11.1 Å². The molecule has 17 heavy (non-hydrogen) atoms. The zero-order chi connectivity index (χ0) is 12.6. The summed E-state index contributed by atoms with van der Waals surface area (Å²) in [5.41, 5.74) is 3.04. The van der Waals surface area contributed by atoms with Gasteiger partial charge in [-0.3, -0.25) is 0 Å². The van der Waals surface area contributed by atoms with E-state index in [1.165, 1.54) is 18.2 Å². The van der Waals surface area contributed by atoms with Gasteiger partial charge in [-0.2, -0.15) is 13.2 Å². The number of aromatic nitrogens is 1. The average Bonchev–Trinajstić information content (AvgIpc) is 2.60. The van der Waals surface area contributed by atoms with E-state index in [0.717, 1.165) is 6.07 Å². The molecule has 90 valence electrons. The molecule has 1 aromatic heterocycles. The van der Waals surface area contributed by atoms with Crippen LogP contribution in [-0.2, 0) is 6.18 Å². The van der Waals surface area contributed by atoms with Gasteiger partial charge in [0.25, 0.3) is 0 Å². The predicted octanol–water partition coefficient (Wildman–Crippen LogP) is 3.08. The van der Waals surface area contributed by atoms with E-state index in [2.05, 4.69) is 9.68 Å². The molecule has 0 amide bonds. The molecule has 0 radical (unpaired) electrons. The first-order valence-electron chi connectivity index (χ1n) is 4.48. The monoisotopic (exact) mass is 246 g/mol. The second-order valence-corrected chi connectivity index (χ2v) is 3.25. The summed E-state index contributed by atoms with van der Waals surface area (Å²) in [6.07, 6.45) is -4.75. The van der Waals surface area contributed by atoms with E-state index in [-0.39, 0.29) is 5.56 Å². The lowest BCUT2D eigenvalue weighted by Crippen LogP contribution is -2.07. The lowest BCUT2D eigenvalue weighted by atomic mass is 10.0. The number of nitrogens with two attached hydrogens (primary N) is 1. The van der Waals surface area contributed by atoms with Crippen molar-refractivity contribution in [2.45, 2.75) is 6.18 Å². The molecule has 0 bridgehead atoms. The predicted molar refractivity (Wildman–Crippen MR) is 51.3 cm³/mol. The molecule has 0 saturated carbocycles. The van der Waals surface area contributed by atoms with Crippen LogP contribution in [0.15, 0.2) is 28.8 Å². The maximum absolute atomic E-state index is 13.4. The molecule has 0 saturated heterocycles. The molecule has 2 rings (SSSR count). The van der Waals surface area contributed by atoms with Crippen LogP contribution in [0.1, 0.15) is 5.69 Å². The third kappa shape index (κ3) is 1.95. The summed E-state index contributed by atoms with van der Waals surface area (Å²) in [7, 11) is 0. The van der Waals surface area contributed by atoms with E-state index in [1.54, 1.807) is 0 Å². The Morgan fingerprint density at radius 2 is 1.82 bits per heavy atom. The van der Waals surface area contributed by atoms with Crippen molar-refractivity contribution in [2.75, 3.05) is 5.73 Å². The van der Waals surface area contributed by atoms with E-state index < -0.39 is 29.1 Å². The normalized spacial score (nSPS) is 11.8. The number of nitrogens with zero attached hydrogens (tertiary/aromatic N) is 1. The zero-order valence-corrected chi connectivity index (χ0v) is 8.25. The summed E-state index contributed by atoms with van der Waals surface area (Å²) in [4.78, 5) is 0. The van der Waals surface area contributed by atoms with E-state index in [4.69, 9.17) is 5.73 Å². The third-order valence-electron chi connectivity index (χ3n) is 2.13. The largest absolute Gasteiger partial charge is 0.437 e. The SMILES string of the molecule is Nc1onc(C(F)(F)F)c1-c1ccccc1F. The molecule has 0 atom stereocenters. The van der Waals surface area contributed by atoms with Gasteiger partial charge in [0.05, 0.1) is 5.56 Å². The first kappa shape index (κ1) is 11.4. The zero-order valence-electron chi connectivity index (χ0n) is 8.25. The highest BCUT2D eigenvalue weighted by atomic mass is 19.4. The molecule has 1 heterocycles. The summed E-state index contributed by atoms with van der Waals surface area (Å²) >= 11 is 0. The van der Waals surface area contributed by atoms with E-state index in [0.29, 0.717) is 0 Å². The van der Waals surface area contributed by atoms with Crippen LogP contribution < -0.4 is 5.73 Å². The van der Waals surface area contributed by atoms with Gasteiger partial charge in [0.15, 0.2) is 5.69 Å². The van der Waals surface area contributed by atoms with E-state index in [9.17, 15) is 17.6 Å². The Labute approximate surface area is 92.8 Å². The van der Waals surface area contributed by atoms with Crippen LogP contribution in [0, 0.1) is 5.82 Å². The van der Waals surface area contributed by atoms with Crippen molar-refractivity contribution >= 4 is 5.88 Å². The molecule has 0 aliphatic heterocycles. The van der Waals surface area contributed by atoms with Gasteiger partial charge in [0.1, 0.15) is 5.82 Å². The minimum Gasteiger partial charge on any atom is -0.367 e. The quantitative estimate of drug-likeness (QED) is 0.786. The molecule has 2 aromatic rings. The standard InChI is InChI=1S/C10H6F4N2O/c11-6-4-2-1-3-5(6)7-8(10(12,13)14)16-17-9(7)15/h1-4H,15H2. The van der Waals surface area contributed by atoms with Gasteiger partial charge >= 0.3 is 6.18 Å². The number of halogens is 4. The number of rotatable bonds is 1. The summed E-state index contributed by atoms with van der Waals surface area (Å²) in [5, 5.41) is 2.81. The Bertz CT molecular complexity index is 547. The first-order chi connectivity index (χ1) is 7.91. The van der Waals surface area contributed by atoms with Gasteiger partial charge in [-0.15, -0.1) is 0 Å². The van der Waals surface area contributed by atoms with Gasteiger partial charge in [-0.05, 0) is 6.07 Å². The molecule has 0 fully saturated rings. The number of hydrogen-bond acceptors (Lipinski definition) is 3. The van der Waals surface area contributed by atoms with Crippen molar-refractivity contribution in [2.24, 2.45) is 0 Å². The highest BCUT2D eigenvalue weighted by Gasteiger charge is 2.40. The van der Waals surface area contributed by atoms with Crippen molar-refractivity contribution < 1.29 is 22.1 Å². The molecule has 2 N–H and O–H groups in total. The maximum Gasteiger partial charge on any atom is 0.437 e. The lowest BCUT2D eigenvalue weighted by molar-refractivity contribution is -0.142. The van der Waals surface area contributed by atoms with Crippen LogP contribution in [0.2, 0.25) is 0 Å². The third-order valence-corrected chi connectivity index (χ3v) is 2.13. The summed E-state index contributed by atoms with van der Waals surface area (Å²) in [6.45, 7) is 0. The number of alkyl halides is 3. The number of hydrogen-bond donors (Lipinski definition) is 1. The van der Waals surface area contributed by atoms with Gasteiger partial charge in [0.2, 0.25) is 5.88 Å². The van der Waals surface area contributed by atoms with Gasteiger partial charge in [0, 0.05) is 5.56 Å². The van der Waals surface area contributed by atoms with Crippen LogP contribution in [0.4, 0.5) is 23.4 Å². The van der Waals surface area contributed by atoms with Crippen molar-refractivity contribution in [1.29, 1.82) is 0 Å². The number of nitrogen functional groups attached to an aromatic ring is 1. The summed E-state index contributed by atoms with van der Waals surface area (Å²) in [6, 6.07) is 4.95. The molecule has 0 aliphatic rings. The molecular formula is C10H6F4N2O. The Balaban J connectivity index is 2.68. The fraction of sp³-hybridized carbons (Fsp3) is 0.100. The van der Waals surface area contributed by atoms with Crippen molar-refractivity contribution in [3.63, 3.8) is 0 Å². The van der Waals surface area contributed by atoms with Crippen LogP contribution in [0.3, 0.4) is 0 Å². The summed E-state index contributed by atoms with van der Waals surface area (Å²) < 4.78 is 55.4. The Kier molecular flexibility index (Phi) is 2.53. The minimum absolute atomic E-state index is 0.293. The van der Waals surface area contributed by atoms with Crippen molar-refractivity contribution in [3.05, 3.63) is 35.8 Å². The van der Waals surface area contributed by atoms with Crippen LogP contribution in [0.25, 0.3) is 11.1 Å². The Morgan fingerprint density at radius 1 is 1.18 bits per heavy atom. The molecule has 1 aromatic carbocycles. The lowest BCUT2D eigenvalue weighted by Gasteiger charge is -2.06. The molecular weight excluding hydrogens is 240 g/mol. The van der Waals surface area contributed by atoms with Gasteiger partial charge in [-0.1, -0.05) is 23.4 Å². The van der Waals surface area contributed by atoms with Crippen LogP contribution >= 0.6 is 0 Å². The Hall–Kier alpha value is -2.05. The maximum atomic E-state index is 13.4. The number of anilines is 1. The second kappa shape index (κ2) is 3.76. The number of benzene rings is 1. The van der Waals surface area contributed by atoms with Crippen LogP contribution in [-0.4, -0.2) is 5.16 Å². The van der Waals surface area contributed by atoms with Crippen LogP contribution in [0.5, 0.6) is 0 Å². The second-order valence-electron chi connectivity index (χ2n) is 3.25. The highest BCUT2D eigenvalue weighted by Crippen LogP contribution is 2.40. The molecule has 3 nitrogen and oxygen atoms in total. The molecule has 7 heteroatoms. The smallest absolute Gasteiger partial charge is 0.367 e. The average molecular weight is 246 g/mol. The highest BCUT2D eigenvalue weighted by molar-refractivity contribution is 5.75. The minimum atomic E-state index is -4.75. The van der Waals surface area contributed by atoms with E-state index in [1.807, 2.05) is 0 Å². The molecule has 0 spiro atoms. The topological polar surface area (TPSA) is 52.0 Å².